The van der Waals surface area contributed by atoms with E-state index in [1.165, 1.54) is 11.1 Å². The molecule has 1 saturated heterocycles. The summed E-state index contributed by atoms with van der Waals surface area (Å²) in [5, 5.41) is 0. The van der Waals surface area contributed by atoms with Crippen LogP contribution in [0.2, 0.25) is 0 Å². The summed E-state index contributed by atoms with van der Waals surface area (Å²) in [6, 6.07) is 1.95. The molecule has 0 aromatic heterocycles. The second kappa shape index (κ2) is 8.94. The number of anilines is 1. The summed E-state index contributed by atoms with van der Waals surface area (Å²) < 4.78 is 34.2. The predicted octanol–water partition coefficient (Wildman–Crippen LogP) is 1.91. The first-order valence-electron chi connectivity index (χ1n) is 8.77. The first kappa shape index (κ1) is 20.8. The highest BCUT2D eigenvalue weighted by Gasteiger charge is 2.26. The van der Waals surface area contributed by atoms with Crippen LogP contribution >= 0.6 is 0 Å². The van der Waals surface area contributed by atoms with Gasteiger partial charge in [0, 0.05) is 52.0 Å². The van der Waals surface area contributed by atoms with Gasteiger partial charge in [0.2, 0.25) is 5.78 Å². The lowest BCUT2D eigenvalue weighted by atomic mass is 10.0. The Balaban J connectivity index is 2.35. The van der Waals surface area contributed by atoms with Crippen molar-refractivity contribution in [1.82, 2.24) is 9.80 Å². The Kier molecular flexibility index (Phi) is 6.90. The average molecular weight is 381 g/mol. The van der Waals surface area contributed by atoms with Crippen LogP contribution in [0, 0.1) is 11.6 Å². The Morgan fingerprint density at radius 2 is 1.70 bits per heavy atom. The molecule has 0 spiro atoms. The molecule has 1 aliphatic heterocycles. The summed E-state index contributed by atoms with van der Waals surface area (Å²) in [5.74, 6) is -3.27. The summed E-state index contributed by atoms with van der Waals surface area (Å²) >= 11 is 0. The van der Waals surface area contributed by atoms with Crippen molar-refractivity contribution in [3.05, 3.63) is 41.1 Å². The smallest absolute Gasteiger partial charge is 0.343 e. The van der Waals surface area contributed by atoms with Gasteiger partial charge in [-0.05, 0) is 26.1 Å². The number of Topliss-reactive ketones (excluding diaryl/α,β-unsaturated/α-hetero) is 1. The molecule has 0 N–H and O–H groups in total. The van der Waals surface area contributed by atoms with Gasteiger partial charge in [0.05, 0.1) is 6.61 Å². The lowest BCUT2D eigenvalue weighted by Crippen LogP contribution is -2.45. The van der Waals surface area contributed by atoms with Gasteiger partial charge in [-0.3, -0.25) is 4.79 Å². The Labute approximate surface area is 158 Å². The number of likely N-dealkylation sites (N-methyl/N-ethyl adjacent to an activating group) is 1. The van der Waals surface area contributed by atoms with Gasteiger partial charge in [-0.15, -0.1) is 0 Å². The standard InChI is InChI=1S/C19H25F2N3O3/c1-5-27-19(26)14(12-22(2)3)18(25)13-10-15(20)17(16(21)11-13)24-8-6-23(4)7-9-24/h10-12H,5-9H2,1-4H3/b14-12-. The second-order valence-electron chi connectivity index (χ2n) is 6.63. The normalized spacial score (nSPS) is 15.6. The van der Waals surface area contributed by atoms with Crippen LogP contribution in [0.3, 0.4) is 0 Å². The Morgan fingerprint density at radius 3 is 2.19 bits per heavy atom. The number of halogens is 2. The van der Waals surface area contributed by atoms with Crippen molar-refractivity contribution in [3.8, 4) is 0 Å². The molecule has 0 saturated carbocycles. The monoisotopic (exact) mass is 381 g/mol. The SMILES string of the molecule is CCOC(=O)/C(=C\N(C)C)C(=O)c1cc(F)c(N2CCN(C)CC2)c(F)c1. The molecule has 1 heterocycles. The molecule has 148 valence electrons. The fraction of sp³-hybridized carbons (Fsp3) is 0.474. The number of piperazine rings is 1. The van der Waals surface area contributed by atoms with Gasteiger partial charge in [0.15, 0.2) is 0 Å². The van der Waals surface area contributed by atoms with Crippen LogP contribution in [0.5, 0.6) is 0 Å². The molecule has 1 fully saturated rings. The van der Waals surface area contributed by atoms with E-state index in [4.69, 9.17) is 4.74 Å². The molecule has 0 bridgehead atoms. The number of carbonyl (C=O) groups is 2. The third-order valence-electron chi connectivity index (χ3n) is 4.23. The lowest BCUT2D eigenvalue weighted by molar-refractivity contribution is -0.138. The van der Waals surface area contributed by atoms with Gasteiger partial charge in [-0.25, -0.2) is 13.6 Å². The first-order chi connectivity index (χ1) is 12.7. The zero-order valence-corrected chi connectivity index (χ0v) is 16.1. The van der Waals surface area contributed by atoms with Crippen LogP contribution in [-0.2, 0) is 9.53 Å². The summed E-state index contributed by atoms with van der Waals surface area (Å²) in [4.78, 5) is 29.9. The van der Waals surface area contributed by atoms with Crippen molar-refractivity contribution in [2.45, 2.75) is 6.92 Å². The van der Waals surface area contributed by atoms with Crippen molar-refractivity contribution in [2.75, 3.05) is 58.8 Å². The first-order valence-corrected chi connectivity index (χ1v) is 8.77. The van der Waals surface area contributed by atoms with E-state index in [1.54, 1.807) is 25.9 Å². The van der Waals surface area contributed by atoms with Crippen LogP contribution in [0.1, 0.15) is 17.3 Å². The van der Waals surface area contributed by atoms with Crippen molar-refractivity contribution in [3.63, 3.8) is 0 Å². The van der Waals surface area contributed by atoms with Crippen LogP contribution in [0.15, 0.2) is 23.9 Å². The van der Waals surface area contributed by atoms with Gasteiger partial charge < -0.3 is 19.4 Å². The number of benzene rings is 1. The van der Waals surface area contributed by atoms with Gasteiger partial charge in [-0.2, -0.15) is 0 Å². The molecule has 0 aliphatic carbocycles. The average Bonchev–Trinajstić information content (AvgIpc) is 2.60. The maximum Gasteiger partial charge on any atom is 0.343 e. The summed E-state index contributed by atoms with van der Waals surface area (Å²) in [6.45, 7) is 4.07. The molecule has 0 atom stereocenters. The summed E-state index contributed by atoms with van der Waals surface area (Å²) in [6.07, 6.45) is 1.28. The Morgan fingerprint density at radius 1 is 1.15 bits per heavy atom. The minimum absolute atomic E-state index is 0.0853. The fourth-order valence-corrected chi connectivity index (χ4v) is 2.86. The molecule has 0 amide bonds. The number of nitrogens with zero attached hydrogens (tertiary/aromatic N) is 3. The van der Waals surface area contributed by atoms with Crippen LogP contribution in [0.4, 0.5) is 14.5 Å². The van der Waals surface area contributed by atoms with E-state index in [-0.39, 0.29) is 23.4 Å². The summed E-state index contributed by atoms with van der Waals surface area (Å²) in [7, 11) is 5.20. The van der Waals surface area contributed by atoms with Crippen molar-refractivity contribution < 1.29 is 23.1 Å². The quantitative estimate of drug-likeness (QED) is 0.247. The van der Waals surface area contributed by atoms with E-state index in [9.17, 15) is 18.4 Å². The third-order valence-corrected chi connectivity index (χ3v) is 4.23. The van der Waals surface area contributed by atoms with E-state index in [0.29, 0.717) is 26.2 Å². The van der Waals surface area contributed by atoms with Gasteiger partial charge in [0.25, 0.3) is 0 Å². The van der Waals surface area contributed by atoms with Gasteiger partial charge in [0.1, 0.15) is 22.9 Å². The Hall–Kier alpha value is -2.48. The number of esters is 1. The molecule has 1 aromatic carbocycles. The number of ketones is 1. The predicted molar refractivity (Wildman–Crippen MR) is 98.8 cm³/mol. The van der Waals surface area contributed by atoms with Gasteiger partial charge in [-0.1, -0.05) is 0 Å². The number of hydrogen-bond acceptors (Lipinski definition) is 6. The molecule has 6 nitrogen and oxygen atoms in total. The van der Waals surface area contributed by atoms with E-state index in [0.717, 1.165) is 12.1 Å². The second-order valence-corrected chi connectivity index (χ2v) is 6.63. The molecule has 2 rings (SSSR count). The molecule has 1 aliphatic rings. The largest absolute Gasteiger partial charge is 0.462 e. The molecular weight excluding hydrogens is 356 g/mol. The van der Waals surface area contributed by atoms with Crippen LogP contribution in [-0.4, -0.2) is 75.5 Å². The van der Waals surface area contributed by atoms with E-state index >= 15 is 0 Å². The molecule has 8 heteroatoms. The van der Waals surface area contributed by atoms with Crippen LogP contribution in [0.25, 0.3) is 0 Å². The maximum absolute atomic E-state index is 14.6. The van der Waals surface area contributed by atoms with Crippen molar-refractivity contribution in [1.29, 1.82) is 0 Å². The van der Waals surface area contributed by atoms with E-state index in [2.05, 4.69) is 4.90 Å². The van der Waals surface area contributed by atoms with Crippen molar-refractivity contribution in [2.24, 2.45) is 0 Å². The zero-order chi connectivity index (χ0) is 20.1. The number of carbonyl (C=O) groups excluding carboxylic acids is 2. The Bertz CT molecular complexity index is 719. The molecule has 1 aromatic rings. The third kappa shape index (κ3) is 5.03. The van der Waals surface area contributed by atoms with E-state index < -0.39 is 23.4 Å². The van der Waals surface area contributed by atoms with Crippen LogP contribution < -0.4 is 4.90 Å². The molecular formula is C19H25F2N3O3. The molecule has 27 heavy (non-hydrogen) atoms. The summed E-state index contributed by atoms with van der Waals surface area (Å²) in [5.41, 5.74) is -0.661. The number of ether oxygens (including phenoxy) is 1. The highest BCUT2D eigenvalue weighted by molar-refractivity contribution is 6.24. The zero-order valence-electron chi connectivity index (χ0n) is 16.1. The van der Waals surface area contributed by atoms with E-state index in [1.807, 2.05) is 7.05 Å². The fourth-order valence-electron chi connectivity index (χ4n) is 2.86. The van der Waals surface area contributed by atoms with Gasteiger partial charge >= 0.3 is 5.97 Å². The highest BCUT2D eigenvalue weighted by Crippen LogP contribution is 2.27. The lowest BCUT2D eigenvalue weighted by Gasteiger charge is -2.34. The van der Waals surface area contributed by atoms with Crippen molar-refractivity contribution >= 4 is 17.4 Å². The number of hydrogen-bond donors (Lipinski definition) is 0. The molecule has 0 radical (unpaired) electrons. The highest BCUT2D eigenvalue weighted by atomic mass is 19.1. The molecule has 0 unspecified atom stereocenters. The topological polar surface area (TPSA) is 53.1 Å². The maximum atomic E-state index is 14.6. The minimum atomic E-state index is -0.833. The number of rotatable bonds is 6. The minimum Gasteiger partial charge on any atom is -0.462 e.